The fourth-order valence-electron chi connectivity index (χ4n) is 1.89. The summed E-state index contributed by atoms with van der Waals surface area (Å²) in [6.45, 7) is -0.292. The molecule has 0 radical (unpaired) electrons. The topological polar surface area (TPSA) is 100 Å². The smallest absolute Gasteiger partial charge is 0.277 e. The molecule has 2 aromatic carbocycles. The summed E-state index contributed by atoms with van der Waals surface area (Å²) in [5, 5.41) is 23.2. The lowest BCUT2D eigenvalue weighted by atomic mass is 10.2. The van der Waals surface area contributed by atoms with E-state index in [0.29, 0.717) is 21.5 Å². The van der Waals surface area contributed by atoms with Gasteiger partial charge in [-0.1, -0.05) is 15.9 Å². The van der Waals surface area contributed by atoms with Crippen LogP contribution in [0.5, 0.6) is 23.0 Å². The Labute approximate surface area is 188 Å². The van der Waals surface area contributed by atoms with E-state index in [-0.39, 0.29) is 27.1 Å². The van der Waals surface area contributed by atoms with E-state index in [0.717, 1.165) is 4.47 Å². The molecule has 2 aromatic rings. The second-order valence-corrected chi connectivity index (χ2v) is 8.38. The molecule has 7 nitrogen and oxygen atoms in total. The number of amides is 1. The van der Waals surface area contributed by atoms with Crippen LogP contribution in [0.4, 0.5) is 0 Å². The van der Waals surface area contributed by atoms with Crippen molar-refractivity contribution < 1.29 is 24.5 Å². The Morgan fingerprint density at radius 1 is 1.15 bits per heavy atom. The number of benzene rings is 2. The van der Waals surface area contributed by atoms with Gasteiger partial charge < -0.3 is 19.7 Å². The highest BCUT2D eigenvalue weighted by Crippen LogP contribution is 2.41. The number of aromatic hydroxyl groups is 2. The van der Waals surface area contributed by atoms with Gasteiger partial charge in [0.1, 0.15) is 0 Å². The van der Waals surface area contributed by atoms with Crippen molar-refractivity contribution in [3.63, 3.8) is 0 Å². The van der Waals surface area contributed by atoms with Crippen molar-refractivity contribution in [1.82, 2.24) is 5.43 Å². The number of hydrogen-bond donors (Lipinski definition) is 3. The summed E-state index contributed by atoms with van der Waals surface area (Å²) in [4.78, 5) is 11.9. The molecular weight excluding hydrogens is 620 g/mol. The number of hydrogen-bond acceptors (Lipinski definition) is 6. The standard InChI is InChI=1S/C16H12Br4N2O5/c1-26-11-4-8(17)3-10(19)16(11)27-6-12(23)22-21-5-7-2-9(18)14(24)15(25)13(7)20/h2-5,24-25H,6H2,1H3,(H,22,23). The Bertz CT molecular complexity index is 905. The summed E-state index contributed by atoms with van der Waals surface area (Å²) in [6, 6.07) is 5.00. The Kier molecular flexibility index (Phi) is 7.95. The van der Waals surface area contributed by atoms with E-state index < -0.39 is 5.91 Å². The Morgan fingerprint density at radius 2 is 1.85 bits per heavy atom. The van der Waals surface area contributed by atoms with Gasteiger partial charge in [0.25, 0.3) is 5.91 Å². The van der Waals surface area contributed by atoms with E-state index in [1.807, 2.05) is 0 Å². The average Bonchev–Trinajstić information content (AvgIpc) is 2.62. The van der Waals surface area contributed by atoms with Crippen molar-refractivity contribution in [2.24, 2.45) is 5.10 Å². The molecule has 0 aliphatic heterocycles. The summed E-state index contributed by atoms with van der Waals surface area (Å²) in [6.07, 6.45) is 1.31. The minimum absolute atomic E-state index is 0.237. The number of phenols is 2. The monoisotopic (exact) mass is 628 g/mol. The summed E-state index contributed by atoms with van der Waals surface area (Å²) in [5.41, 5.74) is 2.75. The largest absolute Gasteiger partial charge is 0.503 e. The summed E-state index contributed by atoms with van der Waals surface area (Å²) >= 11 is 12.9. The average molecular weight is 632 g/mol. The fraction of sp³-hybridized carbons (Fsp3) is 0.125. The van der Waals surface area contributed by atoms with E-state index >= 15 is 0 Å². The SMILES string of the molecule is COc1cc(Br)cc(Br)c1OCC(=O)NN=Cc1cc(Br)c(O)c(O)c1Br. The molecular formula is C16H12Br4N2O5. The molecule has 0 aliphatic rings. The molecule has 3 N–H and O–H groups in total. The third kappa shape index (κ3) is 5.59. The number of hydrazone groups is 1. The van der Waals surface area contributed by atoms with Gasteiger partial charge in [-0.25, -0.2) is 5.43 Å². The molecule has 0 atom stereocenters. The molecule has 0 spiro atoms. The van der Waals surface area contributed by atoms with Gasteiger partial charge in [0, 0.05) is 10.0 Å². The zero-order valence-electron chi connectivity index (χ0n) is 13.6. The molecule has 2 rings (SSSR count). The number of ether oxygens (including phenoxy) is 2. The van der Waals surface area contributed by atoms with Crippen molar-refractivity contribution in [2.75, 3.05) is 13.7 Å². The maximum atomic E-state index is 11.9. The van der Waals surface area contributed by atoms with Crippen LogP contribution in [0.2, 0.25) is 0 Å². The van der Waals surface area contributed by atoms with Crippen LogP contribution in [0.15, 0.2) is 41.2 Å². The molecule has 27 heavy (non-hydrogen) atoms. The number of methoxy groups -OCH3 is 1. The summed E-state index contributed by atoms with van der Waals surface area (Å²) in [7, 11) is 1.49. The number of carbonyl (C=O) groups excluding carboxylic acids is 1. The minimum Gasteiger partial charge on any atom is -0.503 e. The lowest BCUT2D eigenvalue weighted by molar-refractivity contribution is -0.123. The van der Waals surface area contributed by atoms with Gasteiger partial charge in [0.05, 0.1) is 26.7 Å². The highest BCUT2D eigenvalue weighted by Gasteiger charge is 2.14. The van der Waals surface area contributed by atoms with Gasteiger partial charge in [-0.2, -0.15) is 5.10 Å². The molecule has 0 aliphatic carbocycles. The zero-order chi connectivity index (χ0) is 20.1. The molecule has 0 saturated heterocycles. The number of carbonyl (C=O) groups is 1. The van der Waals surface area contributed by atoms with Crippen molar-refractivity contribution in [2.45, 2.75) is 0 Å². The first-order valence-electron chi connectivity index (χ1n) is 7.12. The Hall–Kier alpha value is -1.30. The summed E-state index contributed by atoms with van der Waals surface area (Å²) < 4.78 is 12.6. The summed E-state index contributed by atoms with van der Waals surface area (Å²) in [5.74, 6) is -0.296. The molecule has 144 valence electrons. The van der Waals surface area contributed by atoms with Gasteiger partial charge in [-0.15, -0.1) is 0 Å². The van der Waals surface area contributed by atoms with Gasteiger partial charge in [0.15, 0.2) is 29.6 Å². The first kappa shape index (κ1) is 22.0. The van der Waals surface area contributed by atoms with Crippen LogP contribution in [-0.2, 0) is 4.79 Å². The second kappa shape index (κ2) is 9.76. The third-order valence-corrected chi connectivity index (χ3v) is 5.61. The van der Waals surface area contributed by atoms with Crippen LogP contribution in [0.3, 0.4) is 0 Å². The van der Waals surface area contributed by atoms with Crippen LogP contribution >= 0.6 is 63.7 Å². The molecule has 0 bridgehead atoms. The van der Waals surface area contributed by atoms with Gasteiger partial charge in [0.2, 0.25) is 0 Å². The van der Waals surface area contributed by atoms with Crippen molar-refractivity contribution in [1.29, 1.82) is 0 Å². The first-order chi connectivity index (χ1) is 12.7. The Balaban J connectivity index is 2.01. The van der Waals surface area contributed by atoms with E-state index in [9.17, 15) is 15.0 Å². The number of nitrogens with one attached hydrogen (secondary N) is 1. The minimum atomic E-state index is -0.499. The molecule has 0 fully saturated rings. The van der Waals surface area contributed by atoms with Crippen molar-refractivity contribution in [3.05, 3.63) is 41.7 Å². The van der Waals surface area contributed by atoms with Crippen LogP contribution in [0.1, 0.15) is 5.56 Å². The first-order valence-corrected chi connectivity index (χ1v) is 10.3. The molecule has 0 heterocycles. The van der Waals surface area contributed by atoms with Crippen LogP contribution in [0, 0.1) is 0 Å². The number of rotatable bonds is 6. The maximum absolute atomic E-state index is 11.9. The number of phenolic OH excluding ortho intramolecular Hbond substituents is 2. The predicted molar refractivity (Wildman–Crippen MR) is 115 cm³/mol. The van der Waals surface area contributed by atoms with Crippen LogP contribution in [-0.4, -0.2) is 36.1 Å². The van der Waals surface area contributed by atoms with E-state index in [2.05, 4.69) is 74.2 Å². The maximum Gasteiger partial charge on any atom is 0.277 e. The number of halogens is 4. The van der Waals surface area contributed by atoms with Gasteiger partial charge in [-0.05, 0) is 66.0 Å². The third-order valence-electron chi connectivity index (χ3n) is 3.13. The zero-order valence-corrected chi connectivity index (χ0v) is 19.9. The lowest BCUT2D eigenvalue weighted by Gasteiger charge is -2.12. The Morgan fingerprint density at radius 3 is 2.52 bits per heavy atom. The number of nitrogens with zero attached hydrogens (tertiary/aromatic N) is 1. The fourth-order valence-corrected chi connectivity index (χ4v) is 4.03. The lowest BCUT2D eigenvalue weighted by Crippen LogP contribution is -2.24. The second-order valence-electron chi connectivity index (χ2n) is 4.96. The highest BCUT2D eigenvalue weighted by atomic mass is 79.9. The van der Waals surface area contributed by atoms with Crippen molar-refractivity contribution >= 4 is 75.8 Å². The molecule has 11 heteroatoms. The van der Waals surface area contributed by atoms with E-state index in [1.165, 1.54) is 19.4 Å². The molecule has 0 saturated carbocycles. The van der Waals surface area contributed by atoms with E-state index in [4.69, 9.17) is 9.47 Å². The predicted octanol–water partition coefficient (Wildman–Crippen LogP) is 4.69. The van der Waals surface area contributed by atoms with Gasteiger partial charge >= 0.3 is 0 Å². The van der Waals surface area contributed by atoms with E-state index in [1.54, 1.807) is 12.1 Å². The quantitative estimate of drug-likeness (QED) is 0.244. The molecule has 0 unspecified atom stereocenters. The highest BCUT2D eigenvalue weighted by molar-refractivity contribution is 9.11. The van der Waals surface area contributed by atoms with Gasteiger partial charge in [-0.3, -0.25) is 4.79 Å². The van der Waals surface area contributed by atoms with Crippen molar-refractivity contribution in [3.8, 4) is 23.0 Å². The molecule has 1 amide bonds. The van der Waals surface area contributed by atoms with Crippen LogP contribution < -0.4 is 14.9 Å². The normalized spacial score (nSPS) is 10.9. The van der Waals surface area contributed by atoms with Crippen LogP contribution in [0.25, 0.3) is 0 Å². The molecule has 0 aromatic heterocycles.